The van der Waals surface area contributed by atoms with Gasteiger partial charge < -0.3 is 11.5 Å². The Labute approximate surface area is 112 Å². The van der Waals surface area contributed by atoms with E-state index in [1.807, 2.05) is 13.0 Å². The number of primary amides is 1. The normalized spacial score (nSPS) is 14.2. The van der Waals surface area contributed by atoms with Gasteiger partial charge in [0.15, 0.2) is 5.16 Å². The molecule has 0 fully saturated rings. The molecule has 1 aromatic heterocycles. The fraction of sp³-hybridized carbons (Fsp3) is 0.583. The monoisotopic (exact) mass is 268 g/mol. The quantitative estimate of drug-likeness (QED) is 0.441. The van der Waals surface area contributed by atoms with Crippen molar-refractivity contribution in [1.29, 1.82) is 0 Å². The summed E-state index contributed by atoms with van der Waals surface area (Å²) in [5, 5.41) is 0.792. The van der Waals surface area contributed by atoms with Gasteiger partial charge >= 0.3 is 0 Å². The third kappa shape index (κ3) is 5.01. The molecule has 5 nitrogen and oxygen atoms in total. The number of hydrogen-bond donors (Lipinski definition) is 2. The van der Waals surface area contributed by atoms with Gasteiger partial charge in [0.1, 0.15) is 0 Å². The summed E-state index contributed by atoms with van der Waals surface area (Å²) in [5.74, 6) is 0.468. The van der Waals surface area contributed by atoms with E-state index in [-0.39, 0.29) is 0 Å². The number of thioether (sulfide) groups is 1. The maximum Gasteiger partial charge on any atom is 0.237 e. The SMILES string of the molecule is Cc1ccnc(SCCCCC(C)(N)C(N)=O)n1. The van der Waals surface area contributed by atoms with Crippen molar-refractivity contribution >= 4 is 17.7 Å². The predicted octanol–water partition coefficient (Wildman–Crippen LogP) is 1.25. The Bertz CT molecular complexity index is 409. The van der Waals surface area contributed by atoms with Crippen molar-refractivity contribution in [2.45, 2.75) is 43.8 Å². The molecule has 1 heterocycles. The van der Waals surface area contributed by atoms with Crippen molar-refractivity contribution in [3.05, 3.63) is 18.0 Å². The zero-order valence-electron chi connectivity index (χ0n) is 10.8. The molecule has 18 heavy (non-hydrogen) atoms. The standard InChI is InChI=1S/C12H20N4OS/c1-9-5-7-15-11(16-9)18-8-4-3-6-12(2,14)10(13)17/h5,7H,3-4,6,8,14H2,1-2H3,(H2,13,17). The van der Waals surface area contributed by atoms with Crippen LogP contribution in [0.3, 0.4) is 0 Å². The van der Waals surface area contributed by atoms with Crippen LogP contribution < -0.4 is 11.5 Å². The van der Waals surface area contributed by atoms with Crippen LogP contribution in [0.15, 0.2) is 17.4 Å². The number of hydrogen-bond acceptors (Lipinski definition) is 5. The van der Waals surface area contributed by atoms with Gasteiger partial charge in [-0.25, -0.2) is 9.97 Å². The molecular formula is C12H20N4OS. The van der Waals surface area contributed by atoms with E-state index in [1.165, 1.54) is 0 Å². The molecule has 6 heteroatoms. The van der Waals surface area contributed by atoms with E-state index in [1.54, 1.807) is 24.9 Å². The van der Waals surface area contributed by atoms with Crippen molar-refractivity contribution < 1.29 is 4.79 Å². The molecule has 0 saturated carbocycles. The van der Waals surface area contributed by atoms with Crippen LogP contribution in [0.1, 0.15) is 31.9 Å². The van der Waals surface area contributed by atoms with E-state index in [4.69, 9.17) is 11.5 Å². The number of carbonyl (C=O) groups excluding carboxylic acids is 1. The van der Waals surface area contributed by atoms with Crippen LogP contribution in [0.5, 0.6) is 0 Å². The average molecular weight is 268 g/mol. The number of unbranched alkanes of at least 4 members (excludes halogenated alkanes) is 1. The number of aromatic nitrogens is 2. The van der Waals surface area contributed by atoms with Crippen LogP contribution in [0.2, 0.25) is 0 Å². The number of amides is 1. The Morgan fingerprint density at radius 2 is 2.22 bits per heavy atom. The van der Waals surface area contributed by atoms with Crippen molar-refractivity contribution in [2.75, 3.05) is 5.75 Å². The second-order valence-corrected chi connectivity index (χ2v) is 5.63. The predicted molar refractivity (Wildman–Crippen MR) is 73.1 cm³/mol. The number of aryl methyl sites for hydroxylation is 1. The van der Waals surface area contributed by atoms with Gasteiger partial charge in [0.25, 0.3) is 0 Å². The summed E-state index contributed by atoms with van der Waals surface area (Å²) < 4.78 is 0. The highest BCUT2D eigenvalue weighted by molar-refractivity contribution is 7.99. The molecule has 1 unspecified atom stereocenters. The topological polar surface area (TPSA) is 94.9 Å². The highest BCUT2D eigenvalue weighted by Gasteiger charge is 2.24. The Balaban J connectivity index is 2.22. The number of nitrogens with two attached hydrogens (primary N) is 2. The largest absolute Gasteiger partial charge is 0.368 e. The maximum absolute atomic E-state index is 11.0. The molecule has 0 spiro atoms. The molecule has 0 aliphatic carbocycles. The van der Waals surface area contributed by atoms with Gasteiger partial charge in [-0.05, 0) is 32.8 Å². The average Bonchev–Trinajstić information content (AvgIpc) is 2.28. The Hall–Kier alpha value is -1.14. The van der Waals surface area contributed by atoms with E-state index in [0.717, 1.165) is 29.4 Å². The number of rotatable bonds is 7. The van der Waals surface area contributed by atoms with E-state index >= 15 is 0 Å². The smallest absolute Gasteiger partial charge is 0.237 e. The molecule has 0 aliphatic rings. The highest BCUT2D eigenvalue weighted by atomic mass is 32.2. The number of nitrogens with zero attached hydrogens (tertiary/aromatic N) is 2. The fourth-order valence-corrected chi connectivity index (χ4v) is 2.25. The Morgan fingerprint density at radius 1 is 1.50 bits per heavy atom. The van der Waals surface area contributed by atoms with Crippen LogP contribution in [-0.4, -0.2) is 27.2 Å². The molecule has 1 rings (SSSR count). The summed E-state index contributed by atoms with van der Waals surface area (Å²) in [6.45, 7) is 3.62. The van der Waals surface area contributed by atoms with Crippen LogP contribution >= 0.6 is 11.8 Å². The maximum atomic E-state index is 11.0. The van der Waals surface area contributed by atoms with Crippen molar-refractivity contribution in [3.63, 3.8) is 0 Å². The third-order valence-corrected chi connectivity index (χ3v) is 3.60. The summed E-state index contributed by atoms with van der Waals surface area (Å²) in [5.41, 5.74) is 11.0. The van der Waals surface area contributed by atoms with Gasteiger partial charge in [0, 0.05) is 17.6 Å². The first kappa shape index (κ1) is 14.9. The molecule has 0 saturated heterocycles. The molecule has 4 N–H and O–H groups in total. The van der Waals surface area contributed by atoms with E-state index in [0.29, 0.717) is 6.42 Å². The summed E-state index contributed by atoms with van der Waals surface area (Å²) in [6.07, 6.45) is 4.20. The Morgan fingerprint density at radius 3 is 2.83 bits per heavy atom. The summed E-state index contributed by atoms with van der Waals surface area (Å²) in [7, 11) is 0. The first-order valence-electron chi connectivity index (χ1n) is 5.93. The minimum atomic E-state index is -0.898. The molecular weight excluding hydrogens is 248 g/mol. The third-order valence-electron chi connectivity index (χ3n) is 2.66. The zero-order valence-corrected chi connectivity index (χ0v) is 11.7. The van der Waals surface area contributed by atoms with Gasteiger partial charge in [0.2, 0.25) is 5.91 Å². The van der Waals surface area contributed by atoms with Crippen molar-refractivity contribution in [3.8, 4) is 0 Å². The fourth-order valence-electron chi connectivity index (χ4n) is 1.38. The summed E-state index contributed by atoms with van der Waals surface area (Å²) >= 11 is 1.61. The molecule has 100 valence electrons. The Kier molecular flexibility index (Phi) is 5.55. The molecule has 0 radical (unpaired) electrons. The van der Waals surface area contributed by atoms with Crippen molar-refractivity contribution in [1.82, 2.24) is 9.97 Å². The van der Waals surface area contributed by atoms with Crippen LogP contribution in [0, 0.1) is 6.92 Å². The first-order chi connectivity index (χ1) is 8.42. The lowest BCUT2D eigenvalue weighted by molar-refractivity contribution is -0.122. The van der Waals surface area contributed by atoms with E-state index < -0.39 is 11.4 Å². The lowest BCUT2D eigenvalue weighted by atomic mass is 9.96. The van der Waals surface area contributed by atoms with E-state index in [9.17, 15) is 4.79 Å². The first-order valence-corrected chi connectivity index (χ1v) is 6.91. The van der Waals surface area contributed by atoms with Gasteiger partial charge in [-0.3, -0.25) is 4.79 Å². The molecule has 1 aromatic rings. The van der Waals surface area contributed by atoms with E-state index in [2.05, 4.69) is 9.97 Å². The van der Waals surface area contributed by atoms with Gasteiger partial charge in [-0.2, -0.15) is 0 Å². The highest BCUT2D eigenvalue weighted by Crippen LogP contribution is 2.17. The second-order valence-electron chi connectivity index (χ2n) is 4.57. The molecule has 0 bridgehead atoms. The minimum absolute atomic E-state index is 0.447. The molecule has 1 atom stereocenters. The van der Waals surface area contributed by atoms with Crippen LogP contribution in [0.4, 0.5) is 0 Å². The van der Waals surface area contributed by atoms with Gasteiger partial charge in [0.05, 0.1) is 5.54 Å². The minimum Gasteiger partial charge on any atom is -0.368 e. The summed E-state index contributed by atoms with van der Waals surface area (Å²) in [4.78, 5) is 19.5. The number of carbonyl (C=O) groups is 1. The van der Waals surface area contributed by atoms with Gasteiger partial charge in [-0.15, -0.1) is 0 Å². The van der Waals surface area contributed by atoms with Crippen LogP contribution in [-0.2, 0) is 4.79 Å². The molecule has 0 aromatic carbocycles. The lowest BCUT2D eigenvalue weighted by Crippen LogP contribution is -2.49. The lowest BCUT2D eigenvalue weighted by Gasteiger charge is -2.19. The molecule has 0 aliphatic heterocycles. The zero-order chi connectivity index (χ0) is 13.6. The van der Waals surface area contributed by atoms with Crippen molar-refractivity contribution in [2.24, 2.45) is 11.5 Å². The van der Waals surface area contributed by atoms with Gasteiger partial charge in [-0.1, -0.05) is 18.2 Å². The van der Waals surface area contributed by atoms with Crippen LogP contribution in [0.25, 0.3) is 0 Å². The molecule has 1 amide bonds. The second kappa shape index (κ2) is 6.70. The summed E-state index contributed by atoms with van der Waals surface area (Å²) in [6, 6.07) is 1.87.